The van der Waals surface area contributed by atoms with E-state index in [1.54, 1.807) is 0 Å². The third kappa shape index (κ3) is 2.79. The van der Waals surface area contributed by atoms with E-state index in [2.05, 4.69) is 41.0 Å². The molecule has 1 atom stereocenters. The number of nitrogens with zero attached hydrogens (tertiary/aromatic N) is 2. The third-order valence-corrected chi connectivity index (χ3v) is 5.51. The van der Waals surface area contributed by atoms with Crippen LogP contribution < -0.4 is 0 Å². The molecule has 0 radical (unpaired) electrons. The van der Waals surface area contributed by atoms with Gasteiger partial charge in [0.15, 0.2) is 0 Å². The maximum atomic E-state index is 12.5. The van der Waals surface area contributed by atoms with Gasteiger partial charge in [0, 0.05) is 25.0 Å². The Morgan fingerprint density at radius 3 is 2.68 bits per heavy atom. The SMILES string of the molecule is CCC(=O)N1Cc2ccccc2CC2(CCCCN2CC)C1. The van der Waals surface area contributed by atoms with Crippen molar-refractivity contribution in [2.75, 3.05) is 19.6 Å². The Hall–Kier alpha value is -1.35. The molecular formula is C19H28N2O. The number of amides is 1. The van der Waals surface area contributed by atoms with Crippen LogP contribution in [0.15, 0.2) is 24.3 Å². The minimum atomic E-state index is 0.143. The molecule has 0 aromatic heterocycles. The lowest BCUT2D eigenvalue weighted by Crippen LogP contribution is -2.58. The van der Waals surface area contributed by atoms with Gasteiger partial charge in [0.1, 0.15) is 0 Å². The molecule has 0 bridgehead atoms. The average molecular weight is 300 g/mol. The highest BCUT2D eigenvalue weighted by molar-refractivity contribution is 5.76. The highest BCUT2D eigenvalue weighted by atomic mass is 16.2. The smallest absolute Gasteiger partial charge is 0.222 e. The summed E-state index contributed by atoms with van der Waals surface area (Å²) < 4.78 is 0. The minimum absolute atomic E-state index is 0.143. The standard InChI is InChI=1S/C19H28N2O/c1-3-18(22)20-14-17-10-6-5-9-16(17)13-19(15-20)11-7-8-12-21(19)4-2/h5-6,9-10H,3-4,7-8,11-15H2,1-2H3. The molecule has 22 heavy (non-hydrogen) atoms. The first-order valence-corrected chi connectivity index (χ1v) is 8.78. The van der Waals surface area contributed by atoms with E-state index in [0.29, 0.717) is 6.42 Å². The fourth-order valence-corrected chi connectivity index (χ4v) is 4.34. The van der Waals surface area contributed by atoms with Crippen LogP contribution in [-0.4, -0.2) is 40.9 Å². The molecule has 1 unspecified atom stereocenters. The van der Waals surface area contributed by atoms with Gasteiger partial charge in [0.25, 0.3) is 0 Å². The summed E-state index contributed by atoms with van der Waals surface area (Å²) in [6.07, 6.45) is 5.48. The second kappa shape index (κ2) is 6.41. The molecule has 3 rings (SSSR count). The van der Waals surface area contributed by atoms with Crippen molar-refractivity contribution in [3.05, 3.63) is 35.4 Å². The Balaban J connectivity index is 2.01. The zero-order chi connectivity index (χ0) is 15.6. The minimum Gasteiger partial charge on any atom is -0.337 e. The largest absolute Gasteiger partial charge is 0.337 e. The first kappa shape index (κ1) is 15.5. The molecule has 0 saturated carbocycles. The Labute approximate surface area is 134 Å². The van der Waals surface area contributed by atoms with Crippen LogP contribution >= 0.6 is 0 Å². The summed E-state index contributed by atoms with van der Waals surface area (Å²) in [6, 6.07) is 8.70. The van der Waals surface area contributed by atoms with Gasteiger partial charge >= 0.3 is 0 Å². The number of hydrogen-bond acceptors (Lipinski definition) is 2. The average Bonchev–Trinajstić information content (AvgIpc) is 2.71. The second-order valence-corrected chi connectivity index (χ2v) is 6.81. The summed E-state index contributed by atoms with van der Waals surface area (Å²) in [5, 5.41) is 0. The van der Waals surface area contributed by atoms with E-state index in [4.69, 9.17) is 0 Å². The molecular weight excluding hydrogens is 272 g/mol. The quantitative estimate of drug-likeness (QED) is 0.837. The normalized spacial score (nSPS) is 25.8. The lowest BCUT2D eigenvalue weighted by atomic mass is 9.81. The molecule has 1 aromatic carbocycles. The Bertz CT molecular complexity index is 542. The number of hydrogen-bond donors (Lipinski definition) is 0. The molecule has 3 heteroatoms. The Morgan fingerprint density at radius 1 is 1.18 bits per heavy atom. The molecule has 1 fully saturated rings. The van der Waals surface area contributed by atoms with Gasteiger partial charge in [-0.05, 0) is 43.5 Å². The number of piperidine rings is 1. The number of carbonyl (C=O) groups excluding carboxylic acids is 1. The molecule has 2 heterocycles. The number of benzene rings is 1. The van der Waals surface area contributed by atoms with Crippen molar-refractivity contribution < 1.29 is 4.79 Å². The predicted molar refractivity (Wildman–Crippen MR) is 89.7 cm³/mol. The Morgan fingerprint density at radius 2 is 1.95 bits per heavy atom. The van der Waals surface area contributed by atoms with Crippen molar-refractivity contribution in [2.24, 2.45) is 0 Å². The van der Waals surface area contributed by atoms with Crippen LogP contribution in [0.5, 0.6) is 0 Å². The number of likely N-dealkylation sites (N-methyl/N-ethyl adjacent to an activating group) is 1. The summed E-state index contributed by atoms with van der Waals surface area (Å²) >= 11 is 0. The number of likely N-dealkylation sites (tertiary alicyclic amines) is 1. The van der Waals surface area contributed by atoms with Gasteiger partial charge in [-0.3, -0.25) is 9.69 Å². The second-order valence-electron chi connectivity index (χ2n) is 6.81. The fourth-order valence-electron chi connectivity index (χ4n) is 4.34. The van der Waals surface area contributed by atoms with Crippen LogP contribution in [0.25, 0.3) is 0 Å². The van der Waals surface area contributed by atoms with Crippen LogP contribution in [0.3, 0.4) is 0 Å². The predicted octanol–water partition coefficient (Wildman–Crippen LogP) is 3.23. The van der Waals surface area contributed by atoms with Crippen molar-refractivity contribution in [2.45, 2.75) is 58.0 Å². The highest BCUT2D eigenvalue weighted by Crippen LogP contribution is 2.36. The highest BCUT2D eigenvalue weighted by Gasteiger charge is 2.42. The zero-order valence-electron chi connectivity index (χ0n) is 14.0. The van der Waals surface area contributed by atoms with E-state index in [9.17, 15) is 4.79 Å². The monoisotopic (exact) mass is 300 g/mol. The molecule has 0 aliphatic carbocycles. The van der Waals surface area contributed by atoms with E-state index >= 15 is 0 Å². The van der Waals surface area contributed by atoms with E-state index in [-0.39, 0.29) is 11.4 Å². The van der Waals surface area contributed by atoms with Crippen LogP contribution in [0, 0.1) is 0 Å². The summed E-state index contributed by atoms with van der Waals surface area (Å²) in [5.74, 6) is 0.290. The maximum absolute atomic E-state index is 12.5. The van der Waals surface area contributed by atoms with Gasteiger partial charge in [-0.25, -0.2) is 0 Å². The summed E-state index contributed by atoms with van der Waals surface area (Å²) in [4.78, 5) is 17.2. The van der Waals surface area contributed by atoms with Gasteiger partial charge in [0.05, 0.1) is 0 Å². The summed E-state index contributed by atoms with van der Waals surface area (Å²) in [6.45, 7) is 8.16. The molecule has 1 saturated heterocycles. The van der Waals surface area contributed by atoms with E-state index in [1.165, 1.54) is 36.9 Å². The van der Waals surface area contributed by atoms with Crippen molar-refractivity contribution in [3.8, 4) is 0 Å². The first-order chi connectivity index (χ1) is 10.7. The lowest BCUT2D eigenvalue weighted by Gasteiger charge is -2.48. The lowest BCUT2D eigenvalue weighted by molar-refractivity contribution is -0.134. The van der Waals surface area contributed by atoms with Crippen molar-refractivity contribution in [3.63, 3.8) is 0 Å². The van der Waals surface area contributed by atoms with Crippen molar-refractivity contribution >= 4 is 5.91 Å². The fraction of sp³-hybridized carbons (Fsp3) is 0.632. The molecule has 1 aromatic rings. The summed E-state index contributed by atoms with van der Waals surface area (Å²) in [7, 11) is 0. The number of rotatable bonds is 2. The van der Waals surface area contributed by atoms with Crippen molar-refractivity contribution in [1.82, 2.24) is 9.80 Å². The van der Waals surface area contributed by atoms with E-state index in [1.807, 2.05) is 6.92 Å². The zero-order valence-corrected chi connectivity index (χ0v) is 14.0. The van der Waals surface area contributed by atoms with Crippen LogP contribution in [-0.2, 0) is 17.8 Å². The van der Waals surface area contributed by atoms with Crippen LogP contribution in [0.4, 0.5) is 0 Å². The van der Waals surface area contributed by atoms with Crippen LogP contribution in [0.1, 0.15) is 50.7 Å². The Kier molecular flexibility index (Phi) is 4.53. The van der Waals surface area contributed by atoms with Crippen LogP contribution in [0.2, 0.25) is 0 Å². The van der Waals surface area contributed by atoms with Gasteiger partial charge in [-0.1, -0.05) is 44.5 Å². The van der Waals surface area contributed by atoms with E-state index in [0.717, 1.165) is 26.1 Å². The third-order valence-electron chi connectivity index (χ3n) is 5.51. The molecule has 2 aliphatic rings. The number of carbonyl (C=O) groups is 1. The summed E-state index contributed by atoms with van der Waals surface area (Å²) in [5.41, 5.74) is 2.92. The van der Waals surface area contributed by atoms with Gasteiger partial charge in [-0.2, -0.15) is 0 Å². The topological polar surface area (TPSA) is 23.6 Å². The van der Waals surface area contributed by atoms with Gasteiger partial charge < -0.3 is 4.90 Å². The van der Waals surface area contributed by atoms with Gasteiger partial charge in [0.2, 0.25) is 5.91 Å². The first-order valence-electron chi connectivity index (χ1n) is 8.78. The number of fused-ring (bicyclic) bond motifs is 1. The molecule has 120 valence electrons. The molecule has 1 amide bonds. The van der Waals surface area contributed by atoms with Gasteiger partial charge in [-0.15, -0.1) is 0 Å². The maximum Gasteiger partial charge on any atom is 0.222 e. The molecule has 3 nitrogen and oxygen atoms in total. The van der Waals surface area contributed by atoms with E-state index < -0.39 is 0 Å². The molecule has 1 spiro atoms. The molecule has 0 N–H and O–H groups in total. The molecule has 2 aliphatic heterocycles. The van der Waals surface area contributed by atoms with Crippen molar-refractivity contribution in [1.29, 1.82) is 0 Å².